The highest BCUT2D eigenvalue weighted by molar-refractivity contribution is 14.1. The van der Waals surface area contributed by atoms with E-state index in [-0.39, 0.29) is 5.82 Å². The van der Waals surface area contributed by atoms with Crippen molar-refractivity contribution in [1.29, 1.82) is 5.26 Å². The first-order chi connectivity index (χ1) is 8.60. The topological polar surface area (TPSA) is 35.8 Å². The van der Waals surface area contributed by atoms with Gasteiger partial charge in [0.05, 0.1) is 16.9 Å². The lowest BCUT2D eigenvalue weighted by Gasteiger charge is -2.10. The van der Waals surface area contributed by atoms with E-state index in [0.717, 1.165) is 13.7 Å². The van der Waals surface area contributed by atoms with E-state index in [9.17, 15) is 4.39 Å². The van der Waals surface area contributed by atoms with Gasteiger partial charge in [-0.15, -0.1) is 0 Å². The molecule has 90 valence electrons. The van der Waals surface area contributed by atoms with Crippen LogP contribution in [0.1, 0.15) is 5.56 Å². The van der Waals surface area contributed by atoms with Crippen molar-refractivity contribution < 1.29 is 4.39 Å². The Morgan fingerprint density at radius 2 is 1.94 bits per heavy atom. The second kappa shape index (κ2) is 5.67. The monoisotopic (exact) mass is 416 g/mol. The van der Waals surface area contributed by atoms with Crippen LogP contribution in [0.3, 0.4) is 0 Å². The van der Waals surface area contributed by atoms with Crippen molar-refractivity contribution in [2.45, 2.75) is 0 Å². The minimum atomic E-state index is -0.278. The van der Waals surface area contributed by atoms with Gasteiger partial charge in [-0.3, -0.25) is 0 Å². The number of hydrogen-bond donors (Lipinski definition) is 1. The van der Waals surface area contributed by atoms with E-state index in [4.69, 9.17) is 5.26 Å². The summed E-state index contributed by atoms with van der Waals surface area (Å²) in [4.78, 5) is 0. The predicted octanol–water partition coefficient (Wildman–Crippen LogP) is 4.81. The molecular formula is C13H7BrFIN2. The van der Waals surface area contributed by atoms with Gasteiger partial charge in [-0.1, -0.05) is 15.9 Å². The van der Waals surface area contributed by atoms with Gasteiger partial charge in [0.1, 0.15) is 11.9 Å². The van der Waals surface area contributed by atoms with Crippen LogP contribution >= 0.6 is 38.5 Å². The van der Waals surface area contributed by atoms with Gasteiger partial charge in [-0.05, 0) is 59.0 Å². The molecule has 0 unspecified atom stereocenters. The minimum Gasteiger partial charge on any atom is -0.354 e. The van der Waals surface area contributed by atoms with Crippen LogP contribution < -0.4 is 5.32 Å². The first-order valence-corrected chi connectivity index (χ1v) is 6.89. The van der Waals surface area contributed by atoms with Crippen molar-refractivity contribution in [2.24, 2.45) is 0 Å². The number of nitrogens with one attached hydrogen (secondary N) is 1. The molecule has 0 saturated heterocycles. The van der Waals surface area contributed by atoms with Gasteiger partial charge >= 0.3 is 0 Å². The first-order valence-electron chi connectivity index (χ1n) is 5.02. The second-order valence-corrected chi connectivity index (χ2v) is 5.63. The predicted molar refractivity (Wildman–Crippen MR) is 81.3 cm³/mol. The van der Waals surface area contributed by atoms with Crippen LogP contribution in [-0.2, 0) is 0 Å². The lowest BCUT2D eigenvalue weighted by atomic mass is 10.2. The van der Waals surface area contributed by atoms with Crippen molar-refractivity contribution in [3.05, 3.63) is 55.8 Å². The Morgan fingerprint density at radius 1 is 1.17 bits per heavy atom. The zero-order chi connectivity index (χ0) is 13.1. The molecule has 5 heteroatoms. The van der Waals surface area contributed by atoms with E-state index < -0.39 is 0 Å². The molecule has 0 amide bonds. The molecule has 0 heterocycles. The van der Waals surface area contributed by atoms with Crippen LogP contribution in [-0.4, -0.2) is 0 Å². The highest BCUT2D eigenvalue weighted by Crippen LogP contribution is 2.27. The Kier molecular flexibility index (Phi) is 4.19. The van der Waals surface area contributed by atoms with Crippen LogP contribution in [0, 0.1) is 20.7 Å². The molecule has 0 bridgehead atoms. The van der Waals surface area contributed by atoms with E-state index in [2.05, 4.69) is 27.3 Å². The van der Waals surface area contributed by atoms with Gasteiger partial charge < -0.3 is 5.32 Å². The van der Waals surface area contributed by atoms with Crippen molar-refractivity contribution in [1.82, 2.24) is 0 Å². The summed E-state index contributed by atoms with van der Waals surface area (Å²) in [6, 6.07) is 11.9. The smallest absolute Gasteiger partial charge is 0.124 e. The lowest BCUT2D eigenvalue weighted by Crippen LogP contribution is -1.96. The molecule has 0 aliphatic carbocycles. The number of rotatable bonds is 2. The first kappa shape index (κ1) is 13.3. The minimum absolute atomic E-state index is 0.278. The molecule has 0 spiro atoms. The Labute approximate surface area is 126 Å². The maximum Gasteiger partial charge on any atom is 0.124 e. The van der Waals surface area contributed by atoms with Crippen LogP contribution in [0.5, 0.6) is 0 Å². The summed E-state index contributed by atoms with van der Waals surface area (Å²) in [5, 5.41) is 12.2. The Morgan fingerprint density at radius 3 is 2.61 bits per heavy atom. The number of hydrogen-bond acceptors (Lipinski definition) is 2. The average molecular weight is 417 g/mol. The SMILES string of the molecule is N#Cc1ccc(Br)cc1Nc1ccc(F)cc1I. The quantitative estimate of drug-likeness (QED) is 0.713. The van der Waals surface area contributed by atoms with Crippen molar-refractivity contribution in [3.63, 3.8) is 0 Å². The van der Waals surface area contributed by atoms with Crippen LogP contribution in [0.4, 0.5) is 15.8 Å². The molecule has 2 aromatic rings. The summed E-state index contributed by atoms with van der Waals surface area (Å²) < 4.78 is 14.6. The summed E-state index contributed by atoms with van der Waals surface area (Å²) in [5.74, 6) is -0.278. The van der Waals surface area contributed by atoms with Crippen LogP contribution in [0.2, 0.25) is 0 Å². The molecule has 18 heavy (non-hydrogen) atoms. The normalized spacial score (nSPS) is 9.89. The lowest BCUT2D eigenvalue weighted by molar-refractivity contribution is 0.627. The standard InChI is InChI=1S/C13H7BrFIN2/c14-9-2-1-8(7-17)13(5-9)18-12-4-3-10(15)6-11(12)16/h1-6,18H. The number of nitriles is 1. The molecule has 2 rings (SSSR count). The Hall–Kier alpha value is -1.13. The van der Waals surface area contributed by atoms with E-state index >= 15 is 0 Å². The number of nitrogens with zero attached hydrogens (tertiary/aromatic N) is 1. The van der Waals surface area contributed by atoms with Gasteiger partial charge in [0, 0.05) is 8.04 Å². The Balaban J connectivity index is 2.40. The number of benzene rings is 2. The van der Waals surface area contributed by atoms with E-state index in [1.807, 2.05) is 28.7 Å². The van der Waals surface area contributed by atoms with Crippen LogP contribution in [0.25, 0.3) is 0 Å². The fraction of sp³-hybridized carbons (Fsp3) is 0. The molecule has 0 radical (unpaired) electrons. The van der Waals surface area contributed by atoms with E-state index in [1.165, 1.54) is 12.1 Å². The maximum atomic E-state index is 13.0. The molecule has 2 nitrogen and oxygen atoms in total. The molecule has 0 aliphatic heterocycles. The third-order valence-electron chi connectivity index (χ3n) is 2.30. The molecular weight excluding hydrogens is 410 g/mol. The Bertz CT molecular complexity index is 637. The maximum absolute atomic E-state index is 13.0. The second-order valence-electron chi connectivity index (χ2n) is 3.55. The highest BCUT2D eigenvalue weighted by Gasteiger charge is 2.06. The zero-order valence-corrected chi connectivity index (χ0v) is 12.8. The fourth-order valence-corrected chi connectivity index (χ4v) is 2.43. The van der Waals surface area contributed by atoms with Gasteiger partial charge in [-0.2, -0.15) is 5.26 Å². The average Bonchev–Trinajstić information content (AvgIpc) is 2.33. The van der Waals surface area contributed by atoms with Gasteiger partial charge in [0.15, 0.2) is 0 Å². The number of halogens is 3. The van der Waals surface area contributed by atoms with Crippen molar-refractivity contribution >= 4 is 49.9 Å². The zero-order valence-electron chi connectivity index (χ0n) is 9.05. The van der Waals surface area contributed by atoms with Crippen molar-refractivity contribution in [3.8, 4) is 6.07 Å². The van der Waals surface area contributed by atoms with Gasteiger partial charge in [0.2, 0.25) is 0 Å². The molecule has 0 fully saturated rings. The summed E-state index contributed by atoms with van der Waals surface area (Å²) in [6.07, 6.45) is 0. The largest absolute Gasteiger partial charge is 0.354 e. The van der Waals surface area contributed by atoms with Gasteiger partial charge in [-0.25, -0.2) is 4.39 Å². The molecule has 0 atom stereocenters. The molecule has 2 aromatic carbocycles. The molecule has 0 aliphatic rings. The van der Waals surface area contributed by atoms with E-state index in [1.54, 1.807) is 18.2 Å². The summed E-state index contributed by atoms with van der Waals surface area (Å²) in [5.41, 5.74) is 2.00. The highest BCUT2D eigenvalue weighted by atomic mass is 127. The summed E-state index contributed by atoms with van der Waals surface area (Å²) in [6.45, 7) is 0. The third-order valence-corrected chi connectivity index (χ3v) is 3.69. The molecule has 1 N–H and O–H groups in total. The fourth-order valence-electron chi connectivity index (χ4n) is 1.45. The summed E-state index contributed by atoms with van der Waals surface area (Å²) in [7, 11) is 0. The van der Waals surface area contributed by atoms with E-state index in [0.29, 0.717) is 11.3 Å². The van der Waals surface area contributed by atoms with Crippen molar-refractivity contribution in [2.75, 3.05) is 5.32 Å². The van der Waals surface area contributed by atoms with Crippen LogP contribution in [0.15, 0.2) is 40.9 Å². The third kappa shape index (κ3) is 3.00. The number of anilines is 2. The summed E-state index contributed by atoms with van der Waals surface area (Å²) >= 11 is 5.41. The van der Waals surface area contributed by atoms with Gasteiger partial charge in [0.25, 0.3) is 0 Å². The molecule has 0 aromatic heterocycles. The molecule has 0 saturated carbocycles.